The van der Waals surface area contributed by atoms with Crippen LogP contribution >= 0.6 is 11.8 Å². The molecule has 2 heterocycles. The van der Waals surface area contributed by atoms with Crippen LogP contribution in [0.5, 0.6) is 0 Å². The number of nitrogens with one attached hydrogen (secondary N) is 2. The molecule has 0 radical (unpaired) electrons. The second-order valence-electron chi connectivity index (χ2n) is 4.62. The van der Waals surface area contributed by atoms with Crippen LogP contribution in [0.2, 0.25) is 0 Å². The van der Waals surface area contributed by atoms with Gasteiger partial charge in [-0.2, -0.15) is 0 Å². The number of hydrogen-bond donors (Lipinski definition) is 2. The highest BCUT2D eigenvalue weighted by Crippen LogP contribution is 2.34. The van der Waals surface area contributed by atoms with Crippen LogP contribution in [0.3, 0.4) is 0 Å². The molecular formula is C12H17N5S. The molecule has 96 valence electrons. The molecular weight excluding hydrogens is 246 g/mol. The fraction of sp³-hybridized carbons (Fsp3) is 0.583. The number of aromatic amines is 1. The van der Waals surface area contributed by atoms with Gasteiger partial charge in [-0.3, -0.25) is 0 Å². The molecule has 0 spiro atoms. The van der Waals surface area contributed by atoms with Crippen LogP contribution in [-0.2, 0) is 0 Å². The summed E-state index contributed by atoms with van der Waals surface area (Å²) in [5.74, 6) is 0. The summed E-state index contributed by atoms with van der Waals surface area (Å²) in [6, 6.07) is 0.580. The van der Waals surface area contributed by atoms with E-state index in [9.17, 15) is 0 Å². The predicted octanol–water partition coefficient (Wildman–Crippen LogP) is 1.98. The molecule has 2 atom stereocenters. The van der Waals surface area contributed by atoms with Crippen molar-refractivity contribution >= 4 is 22.9 Å². The van der Waals surface area contributed by atoms with E-state index in [2.05, 4.69) is 32.3 Å². The predicted molar refractivity (Wildman–Crippen MR) is 72.6 cm³/mol. The molecule has 0 aromatic carbocycles. The zero-order valence-corrected chi connectivity index (χ0v) is 11.2. The van der Waals surface area contributed by atoms with Crippen LogP contribution in [0.1, 0.15) is 25.7 Å². The van der Waals surface area contributed by atoms with Gasteiger partial charge in [0, 0.05) is 11.3 Å². The fourth-order valence-electron chi connectivity index (χ4n) is 2.54. The van der Waals surface area contributed by atoms with E-state index in [0.717, 1.165) is 16.2 Å². The molecule has 0 saturated heterocycles. The van der Waals surface area contributed by atoms with Crippen molar-refractivity contribution in [1.82, 2.24) is 25.3 Å². The third kappa shape index (κ3) is 2.22. The van der Waals surface area contributed by atoms with E-state index in [-0.39, 0.29) is 0 Å². The molecule has 3 rings (SSSR count). The first-order valence-electron chi connectivity index (χ1n) is 6.36. The van der Waals surface area contributed by atoms with Crippen molar-refractivity contribution in [2.45, 2.75) is 42.0 Å². The van der Waals surface area contributed by atoms with Crippen LogP contribution in [0.15, 0.2) is 17.7 Å². The van der Waals surface area contributed by atoms with E-state index in [1.165, 1.54) is 25.7 Å². The topological polar surface area (TPSA) is 66.5 Å². The third-order valence-electron chi connectivity index (χ3n) is 3.52. The number of fused-ring (bicyclic) bond motifs is 1. The van der Waals surface area contributed by atoms with Crippen LogP contribution in [0.4, 0.5) is 0 Å². The minimum Gasteiger partial charge on any atom is -0.341 e. The summed E-state index contributed by atoms with van der Waals surface area (Å²) in [4.78, 5) is 15.9. The van der Waals surface area contributed by atoms with Gasteiger partial charge >= 0.3 is 0 Å². The minimum absolute atomic E-state index is 0.580. The van der Waals surface area contributed by atoms with Gasteiger partial charge in [0.1, 0.15) is 16.9 Å². The normalized spacial score (nSPS) is 24.5. The summed E-state index contributed by atoms with van der Waals surface area (Å²) >= 11 is 1.85. The van der Waals surface area contributed by atoms with Gasteiger partial charge in [0.05, 0.1) is 6.33 Å². The second kappa shape index (κ2) is 5.24. The quantitative estimate of drug-likeness (QED) is 0.829. The van der Waals surface area contributed by atoms with Crippen LogP contribution in [-0.4, -0.2) is 38.3 Å². The van der Waals surface area contributed by atoms with Crippen LogP contribution in [0.25, 0.3) is 11.2 Å². The fourth-order valence-corrected chi connectivity index (χ4v) is 3.93. The molecule has 1 saturated carbocycles. The lowest BCUT2D eigenvalue weighted by Crippen LogP contribution is -2.38. The van der Waals surface area contributed by atoms with Gasteiger partial charge in [0.15, 0.2) is 5.65 Å². The van der Waals surface area contributed by atoms with Crippen molar-refractivity contribution in [3.05, 3.63) is 12.7 Å². The molecule has 2 aromatic rings. The van der Waals surface area contributed by atoms with E-state index in [1.54, 1.807) is 12.7 Å². The van der Waals surface area contributed by atoms with Crippen LogP contribution < -0.4 is 5.32 Å². The van der Waals surface area contributed by atoms with E-state index in [1.807, 2.05) is 11.8 Å². The Kier molecular flexibility index (Phi) is 3.47. The molecule has 2 aromatic heterocycles. The standard InChI is InChI=1S/C12H17N5S/c1-13-8-4-2-3-5-9(8)18-12-10-11(15-6-14-10)16-7-17-12/h6-9,13H,2-5H2,1H3,(H,14,15,16,17). The smallest absolute Gasteiger partial charge is 0.181 e. The molecule has 1 aliphatic rings. The SMILES string of the molecule is CNC1CCCCC1Sc1ncnc2nc[nH]c12. The van der Waals surface area contributed by atoms with E-state index in [4.69, 9.17) is 0 Å². The first-order valence-corrected chi connectivity index (χ1v) is 7.24. The monoisotopic (exact) mass is 263 g/mol. The van der Waals surface area contributed by atoms with Crippen molar-refractivity contribution < 1.29 is 0 Å². The Morgan fingerprint density at radius 3 is 3.06 bits per heavy atom. The Morgan fingerprint density at radius 1 is 1.28 bits per heavy atom. The van der Waals surface area contributed by atoms with Gasteiger partial charge in [-0.1, -0.05) is 24.6 Å². The highest BCUT2D eigenvalue weighted by atomic mass is 32.2. The highest BCUT2D eigenvalue weighted by Gasteiger charge is 2.25. The van der Waals surface area contributed by atoms with E-state index in [0.29, 0.717) is 11.3 Å². The van der Waals surface area contributed by atoms with Gasteiger partial charge in [0.2, 0.25) is 0 Å². The number of nitrogens with zero attached hydrogens (tertiary/aromatic N) is 3. The number of hydrogen-bond acceptors (Lipinski definition) is 5. The van der Waals surface area contributed by atoms with E-state index < -0.39 is 0 Å². The maximum atomic E-state index is 4.39. The molecule has 0 aliphatic heterocycles. The van der Waals surface area contributed by atoms with Crippen molar-refractivity contribution in [2.24, 2.45) is 0 Å². The Labute approximate surface area is 110 Å². The lowest BCUT2D eigenvalue weighted by Gasteiger charge is -2.30. The Balaban J connectivity index is 1.84. The summed E-state index contributed by atoms with van der Waals surface area (Å²) in [7, 11) is 2.05. The third-order valence-corrected chi connectivity index (χ3v) is 4.92. The molecule has 0 bridgehead atoms. The summed E-state index contributed by atoms with van der Waals surface area (Å²) in [5, 5.41) is 5.03. The maximum absolute atomic E-state index is 4.39. The lowest BCUT2D eigenvalue weighted by atomic mass is 9.95. The van der Waals surface area contributed by atoms with Gasteiger partial charge < -0.3 is 10.3 Å². The van der Waals surface area contributed by atoms with Crippen LogP contribution in [0, 0.1) is 0 Å². The van der Waals surface area contributed by atoms with Gasteiger partial charge in [-0.05, 0) is 19.9 Å². The lowest BCUT2D eigenvalue weighted by molar-refractivity contribution is 0.405. The second-order valence-corrected chi connectivity index (χ2v) is 5.84. The Morgan fingerprint density at radius 2 is 2.17 bits per heavy atom. The maximum Gasteiger partial charge on any atom is 0.181 e. The van der Waals surface area contributed by atoms with Crippen molar-refractivity contribution in [2.75, 3.05) is 7.05 Å². The van der Waals surface area contributed by atoms with Gasteiger partial charge in [-0.25, -0.2) is 15.0 Å². The number of aromatic nitrogens is 4. The molecule has 1 fully saturated rings. The first kappa shape index (κ1) is 11.9. The van der Waals surface area contributed by atoms with Crippen molar-refractivity contribution in [3.8, 4) is 0 Å². The highest BCUT2D eigenvalue weighted by molar-refractivity contribution is 8.00. The van der Waals surface area contributed by atoms with Crippen molar-refractivity contribution in [3.63, 3.8) is 0 Å². The number of rotatable bonds is 3. The van der Waals surface area contributed by atoms with Gasteiger partial charge in [-0.15, -0.1) is 0 Å². The summed E-state index contributed by atoms with van der Waals surface area (Å²) in [6.07, 6.45) is 8.42. The molecule has 0 amide bonds. The zero-order valence-electron chi connectivity index (χ0n) is 10.4. The summed E-state index contributed by atoms with van der Waals surface area (Å²) in [5.41, 5.74) is 1.72. The Bertz CT molecular complexity index is 526. The Hall–Kier alpha value is -1.14. The molecule has 1 aliphatic carbocycles. The van der Waals surface area contributed by atoms with Gasteiger partial charge in [0.25, 0.3) is 0 Å². The van der Waals surface area contributed by atoms with Crippen molar-refractivity contribution in [1.29, 1.82) is 0 Å². The summed E-state index contributed by atoms with van der Waals surface area (Å²) < 4.78 is 0. The first-order chi connectivity index (χ1) is 8.88. The molecule has 6 heteroatoms. The zero-order chi connectivity index (χ0) is 12.4. The average Bonchev–Trinajstić information content (AvgIpc) is 2.89. The molecule has 2 N–H and O–H groups in total. The molecule has 5 nitrogen and oxygen atoms in total. The largest absolute Gasteiger partial charge is 0.341 e. The minimum atomic E-state index is 0.580. The number of imidazole rings is 1. The molecule has 2 unspecified atom stereocenters. The van der Waals surface area contributed by atoms with E-state index >= 15 is 0 Å². The molecule has 18 heavy (non-hydrogen) atoms. The average molecular weight is 263 g/mol. The number of H-pyrrole nitrogens is 1. The number of thioether (sulfide) groups is 1. The summed E-state index contributed by atoms with van der Waals surface area (Å²) in [6.45, 7) is 0.